The van der Waals surface area contributed by atoms with E-state index in [0.29, 0.717) is 18.3 Å². The molecule has 29 heavy (non-hydrogen) atoms. The van der Waals surface area contributed by atoms with Gasteiger partial charge in [-0.1, -0.05) is 19.4 Å². The van der Waals surface area contributed by atoms with Crippen LogP contribution in [0.25, 0.3) is 0 Å². The average Bonchev–Trinajstić information content (AvgIpc) is 3.50. The molecule has 3 aliphatic rings. The van der Waals surface area contributed by atoms with Crippen LogP contribution in [0.3, 0.4) is 0 Å². The van der Waals surface area contributed by atoms with Crippen LogP contribution in [0.15, 0.2) is 22.3 Å². The lowest BCUT2D eigenvalue weighted by Crippen LogP contribution is -2.27. The van der Waals surface area contributed by atoms with Gasteiger partial charge >= 0.3 is 0 Å². The molecule has 1 saturated carbocycles. The summed E-state index contributed by atoms with van der Waals surface area (Å²) in [7, 11) is 0. The van der Waals surface area contributed by atoms with Crippen molar-refractivity contribution in [3.05, 3.63) is 39.7 Å². The first-order valence-corrected chi connectivity index (χ1v) is 11.2. The number of allylic oxidation sites excluding steroid dienone is 1. The van der Waals surface area contributed by atoms with Gasteiger partial charge in [0.05, 0.1) is 18.8 Å². The van der Waals surface area contributed by atoms with Gasteiger partial charge in [-0.3, -0.25) is 10.4 Å². The molecule has 1 aromatic rings. The molecular formula is C24H34N4O. The Bertz CT molecular complexity index is 881. The number of fused-ring (bicyclic) bond motifs is 1. The maximum absolute atomic E-state index is 10.2. The number of hydrogen-bond acceptors (Lipinski definition) is 4. The van der Waals surface area contributed by atoms with Crippen molar-refractivity contribution in [2.45, 2.75) is 66.3 Å². The quantitative estimate of drug-likeness (QED) is 0.760. The number of aliphatic hydroxyl groups is 1. The van der Waals surface area contributed by atoms with Crippen molar-refractivity contribution < 1.29 is 5.11 Å². The molecule has 2 atom stereocenters. The molecule has 0 aromatic carbocycles. The van der Waals surface area contributed by atoms with Gasteiger partial charge in [-0.2, -0.15) is 0 Å². The molecule has 0 radical (unpaired) electrons. The molecule has 1 aromatic heterocycles. The van der Waals surface area contributed by atoms with Crippen LogP contribution in [0, 0.1) is 37.0 Å². The van der Waals surface area contributed by atoms with Crippen molar-refractivity contribution in [3.63, 3.8) is 0 Å². The largest absolute Gasteiger partial charge is 0.396 e. The molecule has 0 amide bonds. The molecule has 1 saturated heterocycles. The molecule has 2 fully saturated rings. The highest BCUT2D eigenvalue weighted by atomic mass is 16.3. The summed E-state index contributed by atoms with van der Waals surface area (Å²) in [5.74, 6) is 2.37. The molecule has 2 N–H and O–H groups in total. The van der Waals surface area contributed by atoms with Crippen molar-refractivity contribution in [2.75, 3.05) is 13.2 Å². The van der Waals surface area contributed by atoms with Crippen LogP contribution in [-0.4, -0.2) is 39.8 Å². The number of rotatable bonds is 6. The van der Waals surface area contributed by atoms with Crippen LogP contribution >= 0.6 is 0 Å². The molecule has 2 unspecified atom stereocenters. The lowest BCUT2D eigenvalue weighted by Gasteiger charge is -2.21. The van der Waals surface area contributed by atoms with Crippen LogP contribution in [0.4, 0.5) is 0 Å². The Labute approximate surface area is 174 Å². The maximum Gasteiger partial charge on any atom is 0.134 e. The highest BCUT2D eigenvalue weighted by molar-refractivity contribution is 6.09. The van der Waals surface area contributed by atoms with E-state index >= 15 is 0 Å². The summed E-state index contributed by atoms with van der Waals surface area (Å²) in [5, 5.41) is 18.8. The number of hydrogen-bond donors (Lipinski definition) is 2. The molecule has 5 nitrogen and oxygen atoms in total. The summed E-state index contributed by atoms with van der Waals surface area (Å²) >= 11 is 0. The first-order chi connectivity index (χ1) is 14.0. The SMILES string of the molecule is CCc1c(C)cnc(CN2CC(CO)C3=C(C4CC4)CC(CC)C(=N)N=C32)c1C. The van der Waals surface area contributed by atoms with Crippen molar-refractivity contribution in [2.24, 2.45) is 22.7 Å². The van der Waals surface area contributed by atoms with Gasteiger partial charge in [0.1, 0.15) is 11.7 Å². The van der Waals surface area contributed by atoms with Gasteiger partial charge in [-0.25, -0.2) is 4.99 Å². The number of aliphatic imine (C=N–C) groups is 1. The van der Waals surface area contributed by atoms with Gasteiger partial charge in [-0.15, -0.1) is 0 Å². The second-order valence-electron chi connectivity index (χ2n) is 8.95. The number of aromatic nitrogens is 1. The summed E-state index contributed by atoms with van der Waals surface area (Å²) < 4.78 is 0. The number of aliphatic hydroxyl groups excluding tert-OH is 1. The Balaban J connectivity index is 1.74. The fourth-order valence-corrected chi connectivity index (χ4v) is 5.16. The average molecular weight is 395 g/mol. The molecule has 5 heteroatoms. The second kappa shape index (κ2) is 8.02. The Hall–Kier alpha value is -2.01. The van der Waals surface area contributed by atoms with Crippen LogP contribution in [0.1, 0.15) is 61.9 Å². The summed E-state index contributed by atoms with van der Waals surface area (Å²) in [6, 6.07) is 0. The summed E-state index contributed by atoms with van der Waals surface area (Å²) in [4.78, 5) is 11.9. The molecule has 0 bridgehead atoms. The highest BCUT2D eigenvalue weighted by Crippen LogP contribution is 2.46. The summed E-state index contributed by atoms with van der Waals surface area (Å²) in [5.41, 5.74) is 7.70. The van der Waals surface area contributed by atoms with E-state index in [1.165, 1.54) is 40.7 Å². The third-order valence-corrected chi connectivity index (χ3v) is 7.07. The molecule has 0 spiro atoms. The van der Waals surface area contributed by atoms with Crippen molar-refractivity contribution in [1.29, 1.82) is 5.41 Å². The first-order valence-electron chi connectivity index (χ1n) is 11.2. The number of aryl methyl sites for hydroxylation is 1. The topological polar surface area (TPSA) is 72.6 Å². The molecule has 1 aliphatic carbocycles. The zero-order valence-corrected chi connectivity index (χ0v) is 18.3. The number of pyridine rings is 1. The number of amidine groups is 2. The molecule has 2 aliphatic heterocycles. The Morgan fingerprint density at radius 2 is 1.97 bits per heavy atom. The minimum absolute atomic E-state index is 0.101. The van der Waals surface area contributed by atoms with E-state index in [0.717, 1.165) is 37.3 Å². The molecular weight excluding hydrogens is 360 g/mol. The predicted octanol–water partition coefficient (Wildman–Crippen LogP) is 4.20. The van der Waals surface area contributed by atoms with E-state index in [4.69, 9.17) is 15.4 Å². The number of likely N-dealkylation sites (tertiary alicyclic amines) is 1. The maximum atomic E-state index is 10.2. The van der Waals surface area contributed by atoms with Crippen LogP contribution in [0.2, 0.25) is 0 Å². The predicted molar refractivity (Wildman–Crippen MR) is 117 cm³/mol. The van der Waals surface area contributed by atoms with Gasteiger partial charge in [0.2, 0.25) is 0 Å². The third-order valence-electron chi connectivity index (χ3n) is 7.07. The molecule has 3 heterocycles. The van der Waals surface area contributed by atoms with Crippen LogP contribution in [-0.2, 0) is 13.0 Å². The van der Waals surface area contributed by atoms with E-state index < -0.39 is 0 Å². The van der Waals surface area contributed by atoms with Gasteiger partial charge in [0, 0.05) is 30.2 Å². The highest BCUT2D eigenvalue weighted by Gasteiger charge is 2.42. The zero-order valence-electron chi connectivity index (χ0n) is 18.3. The lowest BCUT2D eigenvalue weighted by atomic mass is 9.87. The van der Waals surface area contributed by atoms with E-state index in [9.17, 15) is 5.11 Å². The van der Waals surface area contributed by atoms with E-state index in [1.54, 1.807) is 0 Å². The minimum Gasteiger partial charge on any atom is -0.396 e. The van der Waals surface area contributed by atoms with Crippen LogP contribution in [0.5, 0.6) is 0 Å². The monoisotopic (exact) mass is 394 g/mol. The lowest BCUT2D eigenvalue weighted by molar-refractivity contribution is 0.234. The van der Waals surface area contributed by atoms with E-state index in [1.807, 2.05) is 6.20 Å². The fourth-order valence-electron chi connectivity index (χ4n) is 5.16. The fraction of sp³-hybridized carbons (Fsp3) is 0.625. The molecule has 156 valence electrons. The summed E-state index contributed by atoms with van der Waals surface area (Å²) in [6.45, 7) is 10.3. The molecule has 4 rings (SSSR count). The van der Waals surface area contributed by atoms with Crippen molar-refractivity contribution in [1.82, 2.24) is 9.88 Å². The van der Waals surface area contributed by atoms with Gasteiger partial charge in [-0.05, 0) is 68.6 Å². The Kier molecular flexibility index (Phi) is 5.60. The van der Waals surface area contributed by atoms with Gasteiger partial charge < -0.3 is 10.0 Å². The van der Waals surface area contributed by atoms with E-state index in [2.05, 4.69) is 32.6 Å². The Morgan fingerprint density at radius 3 is 2.59 bits per heavy atom. The second-order valence-corrected chi connectivity index (χ2v) is 8.95. The van der Waals surface area contributed by atoms with E-state index in [-0.39, 0.29) is 18.4 Å². The number of nitrogens with one attached hydrogen (secondary N) is 1. The zero-order chi connectivity index (χ0) is 20.7. The smallest absolute Gasteiger partial charge is 0.134 e. The third kappa shape index (κ3) is 3.65. The van der Waals surface area contributed by atoms with Gasteiger partial charge in [0.15, 0.2) is 0 Å². The standard InChI is InChI=1S/C24H34N4O/c1-5-16-9-20(17-7-8-17)22-18(13-29)11-28(24(22)27-23(16)25)12-21-15(4)19(6-2)14(3)10-26-21/h10,16-18,25,29H,5-9,11-13H2,1-4H3. The minimum atomic E-state index is 0.101. The van der Waals surface area contributed by atoms with Crippen LogP contribution < -0.4 is 0 Å². The van der Waals surface area contributed by atoms with Gasteiger partial charge in [0.25, 0.3) is 0 Å². The normalized spacial score (nSPS) is 24.7. The first kappa shape index (κ1) is 20.3. The number of nitrogens with zero attached hydrogens (tertiary/aromatic N) is 3. The van der Waals surface area contributed by atoms with Crippen molar-refractivity contribution in [3.8, 4) is 0 Å². The summed E-state index contributed by atoms with van der Waals surface area (Å²) in [6.07, 6.45) is 7.36. The Morgan fingerprint density at radius 1 is 1.21 bits per heavy atom. The van der Waals surface area contributed by atoms with Crippen molar-refractivity contribution >= 4 is 11.7 Å².